The number of aromatic carboxylic acids is 1. The van der Waals surface area contributed by atoms with Crippen molar-refractivity contribution < 1.29 is 27.9 Å². The Kier molecular flexibility index (Phi) is 6.28. The average molecular weight is 398 g/mol. The van der Waals surface area contributed by atoms with Crippen LogP contribution in [0.25, 0.3) is 6.08 Å². The summed E-state index contributed by atoms with van der Waals surface area (Å²) in [6.45, 7) is 1.28. The maximum absolute atomic E-state index is 13.0. The van der Waals surface area contributed by atoms with Crippen molar-refractivity contribution in [3.63, 3.8) is 0 Å². The van der Waals surface area contributed by atoms with E-state index in [-0.39, 0.29) is 23.5 Å². The molecule has 142 valence electrons. The van der Waals surface area contributed by atoms with Gasteiger partial charge >= 0.3 is 12.1 Å². The van der Waals surface area contributed by atoms with Crippen LogP contribution in [0, 0.1) is 0 Å². The predicted octanol–water partition coefficient (Wildman–Crippen LogP) is 5.12. The first kappa shape index (κ1) is 20.5. The third kappa shape index (κ3) is 5.59. The maximum atomic E-state index is 13.0. The minimum Gasteiger partial charge on any atom is -0.478 e. The summed E-state index contributed by atoms with van der Waals surface area (Å²) in [4.78, 5) is 24.1. The molecule has 0 saturated heterocycles. The summed E-state index contributed by atoms with van der Waals surface area (Å²) in [6, 6.07) is 9.35. The second kappa shape index (κ2) is 8.26. The summed E-state index contributed by atoms with van der Waals surface area (Å²) in [5.41, 5.74) is -0.279. The highest BCUT2D eigenvalue weighted by Crippen LogP contribution is 2.35. The summed E-state index contributed by atoms with van der Waals surface area (Å²) in [5.74, 6) is -1.33. The number of hydrogen-bond acceptors (Lipinski definition) is 3. The van der Waals surface area contributed by atoms with Crippen LogP contribution in [0.4, 0.5) is 18.9 Å². The summed E-state index contributed by atoms with van der Waals surface area (Å²) >= 11 is 5.60. The molecule has 2 aromatic carbocycles. The van der Waals surface area contributed by atoms with Crippen molar-refractivity contribution in [3.05, 3.63) is 70.4 Å². The van der Waals surface area contributed by atoms with Gasteiger partial charge in [-0.05, 0) is 48.9 Å². The van der Waals surface area contributed by atoms with Crippen LogP contribution in [0.3, 0.4) is 0 Å². The molecule has 8 heteroatoms. The Labute approximate surface area is 158 Å². The molecule has 1 N–H and O–H groups in total. The lowest BCUT2D eigenvalue weighted by Crippen LogP contribution is -2.23. The number of ketones is 1. The fourth-order valence-electron chi connectivity index (χ4n) is 2.33. The quantitative estimate of drug-likeness (QED) is 0.734. The minimum absolute atomic E-state index is 0.0281. The third-order valence-electron chi connectivity index (χ3n) is 3.56. The molecule has 4 nitrogen and oxygen atoms in total. The van der Waals surface area contributed by atoms with Gasteiger partial charge < -0.3 is 10.0 Å². The zero-order chi connectivity index (χ0) is 20.2. The van der Waals surface area contributed by atoms with Gasteiger partial charge in [-0.3, -0.25) is 4.79 Å². The Morgan fingerprint density at radius 3 is 2.48 bits per heavy atom. The van der Waals surface area contributed by atoms with Gasteiger partial charge in [0.25, 0.3) is 0 Å². The van der Waals surface area contributed by atoms with Gasteiger partial charge in [-0.2, -0.15) is 13.2 Å². The zero-order valence-corrected chi connectivity index (χ0v) is 14.9. The summed E-state index contributed by atoms with van der Waals surface area (Å²) in [6.07, 6.45) is -1.77. The number of benzene rings is 2. The molecule has 0 atom stereocenters. The standard InChI is InChI=1S/C19H15ClF3NO3/c1-12(25)11-24(15-4-2-3-14(10-15)18(26)27)8-7-13-5-6-17(20)16(9-13)19(21,22)23/h2-10H,11H2,1H3,(H,26,27). The largest absolute Gasteiger partial charge is 0.478 e. The molecule has 0 aliphatic carbocycles. The van der Waals surface area contributed by atoms with Gasteiger partial charge in [0.05, 0.1) is 22.7 Å². The van der Waals surface area contributed by atoms with E-state index in [2.05, 4.69) is 0 Å². The van der Waals surface area contributed by atoms with E-state index < -0.39 is 22.7 Å². The van der Waals surface area contributed by atoms with E-state index >= 15 is 0 Å². The summed E-state index contributed by atoms with van der Waals surface area (Å²) in [5, 5.41) is 8.68. The van der Waals surface area contributed by atoms with Crippen molar-refractivity contribution in [1.82, 2.24) is 0 Å². The van der Waals surface area contributed by atoms with Gasteiger partial charge in [0.2, 0.25) is 0 Å². The minimum atomic E-state index is -4.59. The number of carbonyl (C=O) groups excluding carboxylic acids is 1. The van der Waals surface area contributed by atoms with Crippen molar-refractivity contribution in [2.45, 2.75) is 13.1 Å². The van der Waals surface area contributed by atoms with Gasteiger partial charge in [0, 0.05) is 11.9 Å². The maximum Gasteiger partial charge on any atom is 0.417 e. The zero-order valence-electron chi connectivity index (χ0n) is 14.1. The highest BCUT2D eigenvalue weighted by Gasteiger charge is 2.33. The Bertz CT molecular complexity index is 894. The van der Waals surface area contributed by atoms with E-state index in [0.717, 1.165) is 12.1 Å². The molecular formula is C19H15ClF3NO3. The smallest absolute Gasteiger partial charge is 0.417 e. The molecule has 0 amide bonds. The molecule has 0 aromatic heterocycles. The number of carboxylic acid groups (broad SMARTS) is 1. The normalized spacial score (nSPS) is 11.6. The van der Waals surface area contributed by atoms with Crippen LogP contribution in [0.15, 0.2) is 48.7 Å². The Balaban J connectivity index is 2.38. The van der Waals surface area contributed by atoms with Crippen LogP contribution in [0.2, 0.25) is 5.02 Å². The lowest BCUT2D eigenvalue weighted by molar-refractivity contribution is -0.137. The first-order chi connectivity index (χ1) is 12.6. The van der Waals surface area contributed by atoms with Crippen LogP contribution in [0.5, 0.6) is 0 Å². The number of anilines is 1. The Morgan fingerprint density at radius 2 is 1.89 bits per heavy atom. The number of alkyl halides is 3. The lowest BCUT2D eigenvalue weighted by atomic mass is 10.1. The van der Waals surface area contributed by atoms with Crippen LogP contribution < -0.4 is 4.90 Å². The van der Waals surface area contributed by atoms with Crippen molar-refractivity contribution in [1.29, 1.82) is 0 Å². The van der Waals surface area contributed by atoms with E-state index in [1.165, 1.54) is 48.4 Å². The van der Waals surface area contributed by atoms with E-state index in [1.54, 1.807) is 6.07 Å². The number of halogens is 4. The van der Waals surface area contributed by atoms with Gasteiger partial charge in [0.1, 0.15) is 5.78 Å². The fourth-order valence-corrected chi connectivity index (χ4v) is 2.55. The molecule has 0 fully saturated rings. The van der Waals surface area contributed by atoms with Gasteiger partial charge in [0.15, 0.2) is 0 Å². The van der Waals surface area contributed by atoms with Crippen molar-refractivity contribution in [2.24, 2.45) is 0 Å². The van der Waals surface area contributed by atoms with Gasteiger partial charge in [-0.15, -0.1) is 0 Å². The van der Waals surface area contributed by atoms with Crippen LogP contribution in [-0.4, -0.2) is 23.4 Å². The fraction of sp³-hybridized carbons (Fsp3) is 0.158. The van der Waals surface area contributed by atoms with Crippen LogP contribution in [0.1, 0.15) is 28.4 Å². The lowest BCUT2D eigenvalue weighted by Gasteiger charge is -2.19. The first-order valence-corrected chi connectivity index (χ1v) is 8.10. The molecule has 0 aliphatic heterocycles. The number of Topliss-reactive ketones (excluding diaryl/α,β-unsaturated/α-hetero) is 1. The molecule has 0 saturated carbocycles. The average Bonchev–Trinajstić information content (AvgIpc) is 2.58. The highest BCUT2D eigenvalue weighted by atomic mass is 35.5. The molecule has 0 heterocycles. The van der Waals surface area contributed by atoms with Crippen molar-refractivity contribution in [2.75, 3.05) is 11.4 Å². The molecule has 27 heavy (non-hydrogen) atoms. The Hall–Kier alpha value is -2.80. The van der Waals surface area contributed by atoms with Crippen molar-refractivity contribution >= 4 is 35.1 Å². The van der Waals surface area contributed by atoms with Crippen molar-refractivity contribution in [3.8, 4) is 0 Å². The van der Waals surface area contributed by atoms with Gasteiger partial charge in [-0.25, -0.2) is 4.79 Å². The van der Waals surface area contributed by atoms with E-state index in [9.17, 15) is 22.8 Å². The molecule has 2 aromatic rings. The Morgan fingerprint density at radius 1 is 1.19 bits per heavy atom. The number of carbonyl (C=O) groups is 2. The molecule has 0 unspecified atom stereocenters. The molecule has 0 bridgehead atoms. The molecular weight excluding hydrogens is 383 g/mol. The van der Waals surface area contributed by atoms with E-state index in [0.29, 0.717) is 5.69 Å². The van der Waals surface area contributed by atoms with Crippen LogP contribution in [-0.2, 0) is 11.0 Å². The van der Waals surface area contributed by atoms with E-state index in [1.807, 2.05) is 0 Å². The highest BCUT2D eigenvalue weighted by molar-refractivity contribution is 6.31. The molecule has 0 aliphatic rings. The monoisotopic (exact) mass is 397 g/mol. The van der Waals surface area contributed by atoms with E-state index in [4.69, 9.17) is 16.7 Å². The van der Waals surface area contributed by atoms with Crippen LogP contribution >= 0.6 is 11.6 Å². The SMILES string of the molecule is CC(=O)CN(C=Cc1ccc(Cl)c(C(F)(F)F)c1)c1cccc(C(=O)O)c1. The second-order valence-corrected chi connectivity index (χ2v) is 6.15. The number of nitrogens with zero attached hydrogens (tertiary/aromatic N) is 1. The van der Waals surface area contributed by atoms with Gasteiger partial charge in [-0.1, -0.05) is 23.7 Å². The predicted molar refractivity (Wildman–Crippen MR) is 96.9 cm³/mol. The third-order valence-corrected chi connectivity index (χ3v) is 3.89. The molecule has 0 spiro atoms. The number of hydrogen-bond donors (Lipinski definition) is 1. The number of rotatable bonds is 6. The summed E-state index contributed by atoms with van der Waals surface area (Å²) < 4.78 is 38.9. The second-order valence-electron chi connectivity index (χ2n) is 5.74. The number of carboxylic acids is 1. The molecule has 2 rings (SSSR count). The molecule has 0 radical (unpaired) electrons. The topological polar surface area (TPSA) is 57.6 Å². The summed E-state index contributed by atoms with van der Waals surface area (Å²) in [7, 11) is 0. The first-order valence-electron chi connectivity index (χ1n) is 7.72.